The SMILES string of the molecule is COc1ccc(CSC2=N[C@H]3CS(=O)(=O)C[C@H]3N2c2ccc(Br)cc2)cc1. The maximum atomic E-state index is 12.1. The maximum Gasteiger partial charge on any atom is 0.164 e. The van der Waals surface area contributed by atoms with Crippen LogP contribution in [0.4, 0.5) is 5.69 Å². The molecule has 0 spiro atoms. The first-order valence-electron chi connectivity index (χ1n) is 8.54. The maximum absolute atomic E-state index is 12.1. The average molecular weight is 467 g/mol. The van der Waals surface area contributed by atoms with Crippen LogP contribution in [0.25, 0.3) is 0 Å². The van der Waals surface area contributed by atoms with E-state index in [1.54, 1.807) is 18.9 Å². The summed E-state index contributed by atoms with van der Waals surface area (Å²) in [6.07, 6.45) is 0. The summed E-state index contributed by atoms with van der Waals surface area (Å²) >= 11 is 5.10. The van der Waals surface area contributed by atoms with Crippen LogP contribution >= 0.6 is 27.7 Å². The molecule has 0 N–H and O–H groups in total. The molecule has 27 heavy (non-hydrogen) atoms. The smallest absolute Gasteiger partial charge is 0.164 e. The summed E-state index contributed by atoms with van der Waals surface area (Å²) in [7, 11) is -1.38. The second-order valence-corrected chi connectivity index (χ2v) is 10.6. The highest BCUT2D eigenvalue weighted by Crippen LogP contribution is 2.36. The van der Waals surface area contributed by atoms with Crippen LogP contribution in [0, 0.1) is 0 Å². The number of thioether (sulfide) groups is 1. The number of fused-ring (bicyclic) bond motifs is 1. The van der Waals surface area contributed by atoms with E-state index >= 15 is 0 Å². The van der Waals surface area contributed by atoms with Crippen molar-refractivity contribution in [1.82, 2.24) is 0 Å². The van der Waals surface area contributed by atoms with Crippen LogP contribution in [0.3, 0.4) is 0 Å². The summed E-state index contributed by atoms with van der Waals surface area (Å²) in [5.74, 6) is 1.89. The van der Waals surface area contributed by atoms with Crippen LogP contribution in [0.2, 0.25) is 0 Å². The van der Waals surface area contributed by atoms with E-state index in [0.717, 1.165) is 26.8 Å². The Hall–Kier alpha value is -1.51. The molecule has 0 unspecified atom stereocenters. The summed E-state index contributed by atoms with van der Waals surface area (Å²) < 4.78 is 30.4. The lowest BCUT2D eigenvalue weighted by molar-refractivity contribution is 0.414. The van der Waals surface area contributed by atoms with Gasteiger partial charge in [-0.15, -0.1) is 0 Å². The molecule has 0 radical (unpaired) electrons. The second-order valence-electron chi connectivity index (χ2n) is 6.61. The van der Waals surface area contributed by atoms with Crippen LogP contribution in [-0.4, -0.2) is 44.3 Å². The van der Waals surface area contributed by atoms with Crippen molar-refractivity contribution in [3.05, 3.63) is 58.6 Å². The molecule has 2 aromatic carbocycles. The fourth-order valence-corrected chi connectivity index (χ4v) is 6.59. The van der Waals surface area contributed by atoms with Gasteiger partial charge in [0, 0.05) is 15.9 Å². The molecule has 0 amide bonds. The number of methoxy groups -OCH3 is 1. The van der Waals surface area contributed by atoms with E-state index in [1.807, 2.05) is 48.5 Å². The van der Waals surface area contributed by atoms with Gasteiger partial charge in [-0.3, -0.25) is 4.99 Å². The second kappa shape index (κ2) is 7.48. The summed E-state index contributed by atoms with van der Waals surface area (Å²) in [6, 6.07) is 15.6. The number of nitrogens with zero attached hydrogens (tertiary/aromatic N) is 2. The van der Waals surface area contributed by atoms with Crippen LogP contribution in [0.5, 0.6) is 5.75 Å². The Labute approximate surface area is 171 Å². The zero-order valence-electron chi connectivity index (χ0n) is 14.7. The van der Waals surface area contributed by atoms with Gasteiger partial charge in [-0.05, 0) is 42.0 Å². The number of ether oxygens (including phenoxy) is 1. The number of benzene rings is 2. The van der Waals surface area contributed by atoms with Crippen molar-refractivity contribution in [2.24, 2.45) is 4.99 Å². The van der Waals surface area contributed by atoms with Crippen molar-refractivity contribution < 1.29 is 13.2 Å². The first-order valence-corrected chi connectivity index (χ1v) is 12.1. The fourth-order valence-electron chi connectivity index (χ4n) is 3.41. The molecular weight excluding hydrogens is 448 g/mol. The van der Waals surface area contributed by atoms with Crippen molar-refractivity contribution in [2.45, 2.75) is 17.8 Å². The first-order chi connectivity index (χ1) is 12.9. The molecule has 5 nitrogen and oxygen atoms in total. The number of halogens is 1. The number of hydrogen-bond acceptors (Lipinski definition) is 6. The molecule has 0 aliphatic carbocycles. The summed E-state index contributed by atoms with van der Waals surface area (Å²) in [5, 5.41) is 0.887. The molecule has 8 heteroatoms. The minimum Gasteiger partial charge on any atom is -0.497 e. The summed E-state index contributed by atoms with van der Waals surface area (Å²) in [6.45, 7) is 0. The fraction of sp³-hybridized carbons (Fsp3) is 0.316. The van der Waals surface area contributed by atoms with E-state index in [4.69, 9.17) is 9.73 Å². The van der Waals surface area contributed by atoms with Gasteiger partial charge in [0.25, 0.3) is 0 Å². The summed E-state index contributed by atoms with van der Waals surface area (Å²) in [4.78, 5) is 6.86. The average Bonchev–Trinajstić information content (AvgIpc) is 3.12. The van der Waals surface area contributed by atoms with Crippen molar-refractivity contribution in [1.29, 1.82) is 0 Å². The van der Waals surface area contributed by atoms with Crippen molar-refractivity contribution >= 4 is 48.4 Å². The molecular formula is C19H19BrN2O3S2. The standard InChI is InChI=1S/C19H19BrN2O3S2/c1-25-16-8-2-13(3-9-16)10-26-19-21-17-11-27(23,24)12-18(17)22(19)15-6-4-14(20)5-7-15/h2-9,17-18H,10-12H2,1H3/t17-,18+/m0/s1. The van der Waals surface area contributed by atoms with Gasteiger partial charge in [-0.1, -0.05) is 39.8 Å². The molecule has 2 aromatic rings. The molecule has 2 atom stereocenters. The Bertz CT molecular complexity index is 959. The van der Waals surface area contributed by atoms with E-state index < -0.39 is 9.84 Å². The molecule has 1 fully saturated rings. The molecule has 2 heterocycles. The van der Waals surface area contributed by atoms with Crippen LogP contribution in [-0.2, 0) is 15.6 Å². The highest BCUT2D eigenvalue weighted by atomic mass is 79.9. The molecule has 2 aliphatic heterocycles. The van der Waals surface area contributed by atoms with E-state index in [9.17, 15) is 8.42 Å². The molecule has 0 aromatic heterocycles. The van der Waals surface area contributed by atoms with Gasteiger partial charge in [0.1, 0.15) is 5.75 Å². The van der Waals surface area contributed by atoms with Gasteiger partial charge in [-0.2, -0.15) is 0 Å². The Morgan fingerprint density at radius 3 is 2.52 bits per heavy atom. The van der Waals surface area contributed by atoms with E-state index in [2.05, 4.69) is 20.8 Å². The van der Waals surface area contributed by atoms with Gasteiger partial charge in [0.05, 0.1) is 30.7 Å². The Morgan fingerprint density at radius 2 is 1.85 bits per heavy atom. The lowest BCUT2D eigenvalue weighted by atomic mass is 10.1. The van der Waals surface area contributed by atoms with Crippen molar-refractivity contribution in [2.75, 3.05) is 23.5 Å². The van der Waals surface area contributed by atoms with Crippen LogP contribution in [0.1, 0.15) is 5.56 Å². The number of amidine groups is 1. The molecule has 0 saturated carbocycles. The van der Waals surface area contributed by atoms with Crippen LogP contribution in [0.15, 0.2) is 58.0 Å². The predicted molar refractivity (Wildman–Crippen MR) is 115 cm³/mol. The van der Waals surface area contributed by atoms with E-state index in [-0.39, 0.29) is 23.6 Å². The Balaban J connectivity index is 1.57. The monoisotopic (exact) mass is 466 g/mol. The van der Waals surface area contributed by atoms with Crippen molar-refractivity contribution in [3.63, 3.8) is 0 Å². The summed E-state index contributed by atoms with van der Waals surface area (Å²) in [5.41, 5.74) is 2.15. The first kappa shape index (κ1) is 18.8. The van der Waals surface area contributed by atoms with Gasteiger partial charge >= 0.3 is 0 Å². The third-order valence-electron chi connectivity index (χ3n) is 4.74. The minimum absolute atomic E-state index is 0.116. The lowest BCUT2D eigenvalue weighted by Crippen LogP contribution is -2.39. The molecule has 1 saturated heterocycles. The molecule has 2 aliphatic rings. The highest BCUT2D eigenvalue weighted by molar-refractivity contribution is 9.10. The number of hydrogen-bond donors (Lipinski definition) is 0. The van der Waals surface area contributed by atoms with Crippen molar-refractivity contribution in [3.8, 4) is 5.75 Å². The van der Waals surface area contributed by atoms with E-state index in [1.165, 1.54) is 5.56 Å². The van der Waals surface area contributed by atoms with Gasteiger partial charge in [0.2, 0.25) is 0 Å². The quantitative estimate of drug-likeness (QED) is 0.686. The molecule has 142 valence electrons. The minimum atomic E-state index is -3.03. The highest BCUT2D eigenvalue weighted by Gasteiger charge is 2.47. The topological polar surface area (TPSA) is 59.0 Å². The molecule has 0 bridgehead atoms. The third kappa shape index (κ3) is 4.02. The Morgan fingerprint density at radius 1 is 1.15 bits per heavy atom. The number of sulfone groups is 1. The zero-order valence-corrected chi connectivity index (χ0v) is 17.9. The normalized spacial score (nSPS) is 23.2. The van der Waals surface area contributed by atoms with Crippen LogP contribution < -0.4 is 9.64 Å². The van der Waals surface area contributed by atoms with E-state index in [0.29, 0.717) is 0 Å². The van der Waals surface area contributed by atoms with Gasteiger partial charge < -0.3 is 9.64 Å². The van der Waals surface area contributed by atoms with Gasteiger partial charge in [-0.25, -0.2) is 8.42 Å². The molecule has 4 rings (SSSR count). The van der Waals surface area contributed by atoms with Gasteiger partial charge in [0.15, 0.2) is 15.0 Å². The number of anilines is 1. The Kier molecular flexibility index (Phi) is 5.22. The lowest BCUT2D eigenvalue weighted by Gasteiger charge is -2.26. The number of rotatable bonds is 4. The predicted octanol–water partition coefficient (Wildman–Crippen LogP) is 3.73. The third-order valence-corrected chi connectivity index (χ3v) is 8.00. The largest absolute Gasteiger partial charge is 0.497 e. The zero-order chi connectivity index (χ0) is 19.0. The number of aliphatic imine (C=N–C) groups is 1.